The van der Waals surface area contributed by atoms with E-state index in [4.69, 9.17) is 18.9 Å². The van der Waals surface area contributed by atoms with Gasteiger partial charge >= 0.3 is 23.9 Å². The van der Waals surface area contributed by atoms with Gasteiger partial charge in [-0.05, 0) is 101 Å². The van der Waals surface area contributed by atoms with E-state index >= 15 is 0 Å². The van der Waals surface area contributed by atoms with Gasteiger partial charge in [0.15, 0.2) is 0 Å². The minimum absolute atomic E-state index is 0.133. The highest BCUT2D eigenvalue weighted by molar-refractivity contribution is 6.28. The molecule has 1 heterocycles. The van der Waals surface area contributed by atoms with E-state index in [1.807, 2.05) is 27.7 Å². The SMILES string of the molecule is CCOCCCc1c(CCCOCC)c(CCCOCC)c2c([nH]c3c(C(=O)O)c(C(=O)O)c(C(=O)O)c(C(=O)O)c32)c1CCCOCC. The number of nitrogens with one attached hydrogen (secondary N) is 1. The van der Waals surface area contributed by atoms with Crippen molar-refractivity contribution in [2.45, 2.75) is 79.1 Å². The summed E-state index contributed by atoms with van der Waals surface area (Å²) in [6, 6.07) is 0. The van der Waals surface area contributed by atoms with Crippen LogP contribution in [0.2, 0.25) is 0 Å². The third kappa shape index (κ3) is 9.15. The van der Waals surface area contributed by atoms with Gasteiger partial charge in [0.1, 0.15) is 0 Å². The molecular formula is C36H49NO12. The Kier molecular flexibility index (Phi) is 15.5. The second kappa shape index (κ2) is 19.2. The van der Waals surface area contributed by atoms with Crippen molar-refractivity contribution in [3.63, 3.8) is 0 Å². The molecule has 5 N–H and O–H groups in total. The maximum absolute atomic E-state index is 13.0. The number of aryl methyl sites for hydroxylation is 2. The topological polar surface area (TPSA) is 202 Å². The van der Waals surface area contributed by atoms with Gasteiger partial charge in [0.25, 0.3) is 0 Å². The Bertz CT molecular complexity index is 1640. The molecular weight excluding hydrogens is 638 g/mol. The number of benzene rings is 2. The molecule has 0 amide bonds. The van der Waals surface area contributed by atoms with Crippen LogP contribution in [0.1, 0.15) is 117 Å². The van der Waals surface area contributed by atoms with Gasteiger partial charge in [-0.2, -0.15) is 0 Å². The van der Waals surface area contributed by atoms with Crippen molar-refractivity contribution in [1.29, 1.82) is 0 Å². The maximum Gasteiger partial charge on any atom is 0.338 e. The number of carboxylic acid groups (broad SMARTS) is 4. The molecule has 0 radical (unpaired) electrons. The number of aromatic nitrogens is 1. The van der Waals surface area contributed by atoms with Gasteiger partial charge in [-0.15, -0.1) is 0 Å². The molecule has 0 bridgehead atoms. The van der Waals surface area contributed by atoms with Crippen LogP contribution < -0.4 is 0 Å². The molecule has 270 valence electrons. The van der Waals surface area contributed by atoms with Gasteiger partial charge in [0, 0.05) is 63.6 Å². The van der Waals surface area contributed by atoms with Crippen LogP contribution in [0.5, 0.6) is 0 Å². The summed E-state index contributed by atoms with van der Waals surface area (Å²) in [5, 5.41) is 41.5. The minimum atomic E-state index is -1.86. The summed E-state index contributed by atoms with van der Waals surface area (Å²) in [5.74, 6) is -7.09. The van der Waals surface area contributed by atoms with Crippen LogP contribution in [-0.2, 0) is 44.6 Å². The maximum atomic E-state index is 13.0. The molecule has 0 aliphatic rings. The van der Waals surface area contributed by atoms with E-state index in [1.165, 1.54) is 0 Å². The molecule has 0 aliphatic carbocycles. The predicted molar refractivity (Wildman–Crippen MR) is 183 cm³/mol. The standard InChI is InChI=1S/C36H49NO12/c1-5-46-17-9-13-21-22(14-10-18-47-6-2)24(16-12-20-49-8-4)31-25(23(21)15-11-19-48-7-3)26-27(33(38)39)28(34(40)41)29(35(42)43)30(36(44)45)32(26)37-31/h37H,5-20H2,1-4H3,(H,38,39)(H,40,41)(H,42,43)(H,44,45). The number of rotatable bonds is 24. The van der Waals surface area contributed by atoms with Crippen LogP contribution in [0.15, 0.2) is 0 Å². The van der Waals surface area contributed by atoms with Gasteiger partial charge in [-0.25, -0.2) is 19.2 Å². The smallest absolute Gasteiger partial charge is 0.338 e. The van der Waals surface area contributed by atoms with Crippen LogP contribution in [0, 0.1) is 0 Å². The fourth-order valence-electron chi connectivity index (χ4n) is 6.62. The van der Waals surface area contributed by atoms with Crippen LogP contribution in [0.3, 0.4) is 0 Å². The monoisotopic (exact) mass is 687 g/mol. The molecule has 0 unspecified atom stereocenters. The number of aromatic carboxylic acids is 4. The lowest BCUT2D eigenvalue weighted by atomic mass is 9.82. The zero-order valence-electron chi connectivity index (χ0n) is 28.9. The van der Waals surface area contributed by atoms with Crippen LogP contribution >= 0.6 is 0 Å². The summed E-state index contributed by atoms with van der Waals surface area (Å²) < 4.78 is 22.6. The van der Waals surface area contributed by atoms with Crippen molar-refractivity contribution in [3.05, 3.63) is 44.5 Å². The highest BCUT2D eigenvalue weighted by Crippen LogP contribution is 2.43. The van der Waals surface area contributed by atoms with Gasteiger partial charge in [0.2, 0.25) is 0 Å². The quantitative estimate of drug-likeness (QED) is 0.0690. The Morgan fingerprint density at radius 2 is 0.796 bits per heavy atom. The minimum Gasteiger partial charge on any atom is -0.478 e. The first-order chi connectivity index (χ1) is 23.6. The van der Waals surface area contributed by atoms with E-state index in [0.29, 0.717) is 115 Å². The Balaban J connectivity index is 2.66. The molecule has 0 atom stereocenters. The number of carboxylic acids is 4. The molecule has 2 aromatic carbocycles. The number of H-pyrrole nitrogens is 1. The van der Waals surface area contributed by atoms with Crippen molar-refractivity contribution >= 4 is 45.7 Å². The zero-order chi connectivity index (χ0) is 36.1. The van der Waals surface area contributed by atoms with E-state index in [1.54, 1.807) is 0 Å². The first kappa shape index (κ1) is 39.4. The first-order valence-corrected chi connectivity index (χ1v) is 17.0. The largest absolute Gasteiger partial charge is 0.478 e. The molecule has 0 saturated carbocycles. The normalized spacial score (nSPS) is 11.5. The average Bonchev–Trinajstić information content (AvgIpc) is 3.44. The third-order valence-corrected chi connectivity index (χ3v) is 8.48. The van der Waals surface area contributed by atoms with Crippen LogP contribution in [-0.4, -0.2) is 102 Å². The lowest BCUT2D eigenvalue weighted by Gasteiger charge is -2.22. The number of hydrogen-bond donors (Lipinski definition) is 5. The summed E-state index contributed by atoms with van der Waals surface area (Å²) in [6.45, 7) is 11.5. The number of ether oxygens (including phenoxy) is 4. The van der Waals surface area contributed by atoms with Crippen molar-refractivity contribution in [1.82, 2.24) is 4.98 Å². The molecule has 0 fully saturated rings. The van der Waals surface area contributed by atoms with Gasteiger partial charge in [-0.3, -0.25) is 0 Å². The summed E-state index contributed by atoms with van der Waals surface area (Å²) in [6.07, 6.45) is 4.52. The summed E-state index contributed by atoms with van der Waals surface area (Å²) in [4.78, 5) is 54.1. The Labute approximate surface area is 285 Å². The fourth-order valence-corrected chi connectivity index (χ4v) is 6.62. The van der Waals surface area contributed by atoms with E-state index < -0.39 is 46.1 Å². The van der Waals surface area contributed by atoms with E-state index in [-0.39, 0.29) is 10.9 Å². The average molecular weight is 688 g/mol. The highest BCUT2D eigenvalue weighted by atomic mass is 16.5. The summed E-state index contributed by atoms with van der Waals surface area (Å²) in [7, 11) is 0. The van der Waals surface area contributed by atoms with E-state index in [9.17, 15) is 39.6 Å². The van der Waals surface area contributed by atoms with E-state index in [2.05, 4.69) is 4.98 Å². The molecule has 0 spiro atoms. The number of fused-ring (bicyclic) bond motifs is 3. The van der Waals surface area contributed by atoms with Crippen LogP contribution in [0.4, 0.5) is 0 Å². The summed E-state index contributed by atoms with van der Waals surface area (Å²) >= 11 is 0. The predicted octanol–water partition coefficient (Wildman–Crippen LogP) is 5.99. The Morgan fingerprint density at radius 3 is 1.18 bits per heavy atom. The van der Waals surface area contributed by atoms with Gasteiger partial charge < -0.3 is 44.4 Å². The Morgan fingerprint density at radius 1 is 0.449 bits per heavy atom. The van der Waals surface area contributed by atoms with Crippen LogP contribution in [0.25, 0.3) is 21.8 Å². The van der Waals surface area contributed by atoms with Crippen molar-refractivity contribution in [2.75, 3.05) is 52.9 Å². The second-order valence-corrected chi connectivity index (χ2v) is 11.5. The molecule has 13 heteroatoms. The van der Waals surface area contributed by atoms with Gasteiger partial charge in [0.05, 0.1) is 33.3 Å². The third-order valence-electron chi connectivity index (χ3n) is 8.48. The lowest BCUT2D eigenvalue weighted by Crippen LogP contribution is -2.20. The van der Waals surface area contributed by atoms with Crippen molar-refractivity contribution < 1.29 is 58.6 Å². The lowest BCUT2D eigenvalue weighted by molar-refractivity contribution is 0.0621. The molecule has 49 heavy (non-hydrogen) atoms. The molecule has 13 nitrogen and oxygen atoms in total. The number of aromatic amines is 1. The zero-order valence-corrected chi connectivity index (χ0v) is 28.9. The highest BCUT2D eigenvalue weighted by Gasteiger charge is 2.36. The van der Waals surface area contributed by atoms with Gasteiger partial charge in [-0.1, -0.05) is 0 Å². The van der Waals surface area contributed by atoms with E-state index in [0.717, 1.165) is 22.3 Å². The Hall–Kier alpha value is -4.04. The molecule has 1 aromatic heterocycles. The molecule has 3 rings (SSSR count). The second-order valence-electron chi connectivity index (χ2n) is 11.5. The van der Waals surface area contributed by atoms with Crippen molar-refractivity contribution in [2.24, 2.45) is 0 Å². The number of carbonyl (C=O) groups is 4. The summed E-state index contributed by atoms with van der Waals surface area (Å²) in [5.41, 5.74) is 0.00384. The molecule has 3 aromatic rings. The first-order valence-electron chi connectivity index (χ1n) is 17.0. The number of hydrogen-bond acceptors (Lipinski definition) is 8. The molecule has 0 aliphatic heterocycles. The fraction of sp³-hybridized carbons (Fsp3) is 0.556. The van der Waals surface area contributed by atoms with Crippen molar-refractivity contribution in [3.8, 4) is 0 Å². The molecule has 0 saturated heterocycles.